The Morgan fingerprint density at radius 1 is 1.03 bits per heavy atom. The van der Waals surface area contributed by atoms with Crippen LogP contribution in [-0.2, 0) is 30.2 Å². The van der Waals surface area contributed by atoms with Crippen molar-refractivity contribution in [3.05, 3.63) is 64.7 Å². The molecule has 9 heteroatoms. The Balaban J connectivity index is 1.26. The third-order valence-electron chi connectivity index (χ3n) is 7.40. The van der Waals surface area contributed by atoms with Gasteiger partial charge in [-0.2, -0.15) is 12.6 Å². The first-order valence-electron chi connectivity index (χ1n) is 12.8. The third kappa shape index (κ3) is 7.48. The maximum atomic E-state index is 13.2. The molecule has 0 saturated carbocycles. The minimum atomic E-state index is -0.227. The molecule has 2 aromatic carbocycles. The Labute approximate surface area is 229 Å². The van der Waals surface area contributed by atoms with Gasteiger partial charge in [0.25, 0.3) is 0 Å². The number of likely N-dealkylation sites (N-methyl/N-ethyl adjacent to an activating group) is 1. The number of thiol groups is 1. The average Bonchev–Trinajstić information content (AvgIpc) is 3.12. The van der Waals surface area contributed by atoms with Crippen LogP contribution in [0, 0.1) is 5.92 Å². The van der Waals surface area contributed by atoms with Gasteiger partial charge in [-0.3, -0.25) is 14.5 Å². The summed E-state index contributed by atoms with van der Waals surface area (Å²) in [5.74, 6) is -0.0667. The highest BCUT2D eigenvalue weighted by Gasteiger charge is 2.49. The predicted octanol–water partition coefficient (Wildman–Crippen LogP) is 4.55. The number of amides is 1. The molecule has 2 saturated heterocycles. The Bertz CT molecular complexity index is 1040. The molecule has 7 nitrogen and oxygen atoms in total. The zero-order chi connectivity index (χ0) is 26.2. The minimum Gasteiger partial charge on any atom is -0.465 e. The fourth-order valence-corrected chi connectivity index (χ4v) is 5.78. The van der Waals surface area contributed by atoms with Crippen molar-refractivity contribution in [3.8, 4) is 0 Å². The number of esters is 1. The molecule has 4 atom stereocenters. The highest BCUT2D eigenvalue weighted by molar-refractivity contribution is 7.80. The van der Waals surface area contributed by atoms with Crippen LogP contribution in [0.1, 0.15) is 36.3 Å². The Morgan fingerprint density at radius 2 is 1.76 bits per heavy atom. The minimum absolute atomic E-state index is 0.0384. The molecule has 2 bridgehead atoms. The Morgan fingerprint density at radius 3 is 2.49 bits per heavy atom. The number of carbonyl (C=O) groups excluding carboxylic acids is 2. The smallest absolute Gasteiger partial charge is 0.309 e. The van der Waals surface area contributed by atoms with Crippen molar-refractivity contribution in [2.24, 2.45) is 5.92 Å². The number of fused-ring (bicyclic) bond motifs is 2. The van der Waals surface area contributed by atoms with Crippen LogP contribution in [0.15, 0.2) is 48.5 Å². The molecule has 0 aliphatic carbocycles. The molecule has 2 unspecified atom stereocenters. The molecule has 37 heavy (non-hydrogen) atoms. The van der Waals surface area contributed by atoms with Gasteiger partial charge in [0.2, 0.25) is 5.91 Å². The number of benzene rings is 2. The maximum Gasteiger partial charge on any atom is 0.309 e. The van der Waals surface area contributed by atoms with E-state index in [-0.39, 0.29) is 30.3 Å². The number of nitrogens with one attached hydrogen (secondary N) is 1. The Kier molecular flexibility index (Phi) is 10.3. The first kappa shape index (κ1) is 27.9. The summed E-state index contributed by atoms with van der Waals surface area (Å²) in [6.45, 7) is 1.02. The van der Waals surface area contributed by atoms with Gasteiger partial charge < -0.3 is 19.5 Å². The highest BCUT2D eigenvalue weighted by Crippen LogP contribution is 2.47. The number of ether oxygens (including phenoxy) is 3. The number of anilines is 1. The monoisotopic (exact) mass is 546 g/mol. The molecule has 2 aliphatic rings. The van der Waals surface area contributed by atoms with Gasteiger partial charge in [-0.05, 0) is 61.7 Å². The van der Waals surface area contributed by atoms with Gasteiger partial charge in [-0.1, -0.05) is 35.9 Å². The number of hydrogen-bond acceptors (Lipinski definition) is 7. The third-order valence-corrected chi connectivity index (χ3v) is 7.83. The van der Waals surface area contributed by atoms with Gasteiger partial charge in [0.1, 0.15) is 6.61 Å². The van der Waals surface area contributed by atoms with Crippen molar-refractivity contribution in [2.75, 3.05) is 44.7 Å². The molecule has 2 aromatic rings. The molecule has 0 radical (unpaired) electrons. The normalized spacial score (nSPS) is 23.1. The van der Waals surface area contributed by atoms with E-state index in [9.17, 15) is 9.59 Å². The van der Waals surface area contributed by atoms with E-state index in [4.69, 9.17) is 25.8 Å². The summed E-state index contributed by atoms with van der Waals surface area (Å²) >= 11 is 10.1. The zero-order valence-corrected chi connectivity index (χ0v) is 22.8. The van der Waals surface area contributed by atoms with E-state index in [0.29, 0.717) is 55.0 Å². The summed E-state index contributed by atoms with van der Waals surface area (Å²) in [6.07, 6.45) is 3.64. The van der Waals surface area contributed by atoms with Crippen molar-refractivity contribution in [1.82, 2.24) is 4.90 Å². The van der Waals surface area contributed by atoms with Gasteiger partial charge in [-0.25, -0.2) is 0 Å². The zero-order valence-electron chi connectivity index (χ0n) is 21.1. The molecule has 2 fully saturated rings. The molecule has 200 valence electrons. The van der Waals surface area contributed by atoms with E-state index < -0.39 is 0 Å². The summed E-state index contributed by atoms with van der Waals surface area (Å²) in [4.78, 5) is 27.7. The number of piperidine rings is 1. The van der Waals surface area contributed by atoms with Crippen LogP contribution >= 0.6 is 24.2 Å². The van der Waals surface area contributed by atoms with E-state index in [1.807, 2.05) is 48.5 Å². The highest BCUT2D eigenvalue weighted by atomic mass is 35.5. The fourth-order valence-electron chi connectivity index (χ4n) is 5.52. The van der Waals surface area contributed by atoms with Gasteiger partial charge in [0.05, 0.1) is 31.7 Å². The SMILES string of the molecule is CN1[C@@H]2CC[C@H]1C(c1ccc(Cl)cc1)C(C(=O)OCCc1ccc(NC(=O)COCCOCS)cc1)C2. The van der Waals surface area contributed by atoms with Crippen LogP contribution < -0.4 is 5.32 Å². The van der Waals surface area contributed by atoms with Crippen molar-refractivity contribution < 1.29 is 23.8 Å². The molecule has 2 heterocycles. The van der Waals surface area contributed by atoms with Gasteiger partial charge in [0.15, 0.2) is 0 Å². The number of halogens is 1. The molecule has 2 aliphatic heterocycles. The van der Waals surface area contributed by atoms with Crippen LogP contribution in [0.2, 0.25) is 5.02 Å². The average molecular weight is 547 g/mol. The maximum absolute atomic E-state index is 13.2. The standard InChI is InChI=1S/C28H35ClN2O5S/c1-31-23-10-11-25(31)27(20-4-6-21(29)7-5-20)24(16-23)28(33)36-13-12-19-2-8-22(9-3-19)30-26(32)17-34-14-15-35-18-37/h2-9,23-25,27,37H,10-18H2,1H3,(H,30,32)/t23-,24?,25+,27?/m1/s1. The lowest BCUT2D eigenvalue weighted by Gasteiger charge is -2.42. The summed E-state index contributed by atoms with van der Waals surface area (Å²) in [5, 5.41) is 3.50. The summed E-state index contributed by atoms with van der Waals surface area (Å²) in [6, 6.07) is 16.2. The quantitative estimate of drug-likeness (QED) is 0.176. The van der Waals surface area contributed by atoms with E-state index in [1.165, 1.54) is 0 Å². The lowest BCUT2D eigenvalue weighted by Crippen LogP contribution is -2.48. The van der Waals surface area contributed by atoms with Crippen molar-refractivity contribution in [1.29, 1.82) is 0 Å². The van der Waals surface area contributed by atoms with Crippen molar-refractivity contribution in [2.45, 2.75) is 43.7 Å². The number of hydrogen-bond donors (Lipinski definition) is 2. The van der Waals surface area contributed by atoms with Crippen LogP contribution in [0.4, 0.5) is 5.69 Å². The molecule has 0 aromatic heterocycles. The summed E-state index contributed by atoms with van der Waals surface area (Å²) in [5.41, 5.74) is 2.87. The number of nitrogens with zero attached hydrogens (tertiary/aromatic N) is 1. The van der Waals surface area contributed by atoms with Crippen LogP contribution in [0.5, 0.6) is 0 Å². The van der Waals surface area contributed by atoms with Crippen molar-refractivity contribution >= 4 is 41.8 Å². The summed E-state index contributed by atoms with van der Waals surface area (Å²) in [7, 11) is 2.17. The predicted molar refractivity (Wildman–Crippen MR) is 147 cm³/mol. The summed E-state index contributed by atoms with van der Waals surface area (Å²) < 4.78 is 16.1. The topological polar surface area (TPSA) is 77.1 Å². The van der Waals surface area contributed by atoms with Crippen LogP contribution in [-0.4, -0.2) is 68.3 Å². The first-order valence-corrected chi connectivity index (χ1v) is 13.8. The fraction of sp³-hybridized carbons (Fsp3) is 0.500. The van der Waals surface area contributed by atoms with E-state index in [0.717, 1.165) is 30.4 Å². The molecule has 1 N–H and O–H groups in total. The number of carbonyl (C=O) groups is 2. The molecule has 0 spiro atoms. The first-order chi connectivity index (χ1) is 18.0. The van der Waals surface area contributed by atoms with Crippen molar-refractivity contribution in [3.63, 3.8) is 0 Å². The Hall–Kier alpha value is -2.10. The molecule has 4 rings (SSSR count). The van der Waals surface area contributed by atoms with Crippen LogP contribution in [0.25, 0.3) is 0 Å². The second kappa shape index (κ2) is 13.6. The second-order valence-electron chi connectivity index (χ2n) is 9.64. The lowest BCUT2D eigenvalue weighted by atomic mass is 9.76. The largest absolute Gasteiger partial charge is 0.465 e. The van der Waals surface area contributed by atoms with E-state index in [1.54, 1.807) is 0 Å². The molecule has 1 amide bonds. The van der Waals surface area contributed by atoms with Gasteiger partial charge >= 0.3 is 5.97 Å². The van der Waals surface area contributed by atoms with E-state index in [2.05, 4.69) is 29.9 Å². The second-order valence-corrected chi connectivity index (χ2v) is 10.3. The van der Waals surface area contributed by atoms with Gasteiger partial charge in [0, 0.05) is 35.1 Å². The number of rotatable bonds is 12. The molecular formula is C28H35ClN2O5S. The van der Waals surface area contributed by atoms with E-state index >= 15 is 0 Å². The van der Waals surface area contributed by atoms with Gasteiger partial charge in [-0.15, -0.1) is 0 Å². The molecular weight excluding hydrogens is 512 g/mol. The van der Waals surface area contributed by atoms with Crippen LogP contribution in [0.3, 0.4) is 0 Å². The lowest BCUT2D eigenvalue weighted by molar-refractivity contribution is -0.152.